The summed E-state index contributed by atoms with van der Waals surface area (Å²) in [4.78, 5) is 3.79. The van der Waals surface area contributed by atoms with Gasteiger partial charge < -0.3 is 4.90 Å². The number of rotatable bonds is 7. The molecule has 1 nitrogen and oxygen atoms in total. The highest BCUT2D eigenvalue weighted by Gasteiger charge is 2.06. The Morgan fingerprint density at radius 2 is 2.25 bits per heavy atom. The fourth-order valence-electron chi connectivity index (χ4n) is 1.55. The molecule has 0 radical (unpaired) electrons. The van der Waals surface area contributed by atoms with Gasteiger partial charge in [-0.25, -0.2) is 0 Å². The van der Waals surface area contributed by atoms with Crippen LogP contribution in [-0.4, -0.2) is 24.4 Å². The third kappa shape index (κ3) is 5.67. The molecule has 0 spiro atoms. The van der Waals surface area contributed by atoms with Crippen molar-refractivity contribution >= 4 is 38.9 Å². The lowest BCUT2D eigenvalue weighted by atomic mass is 10.1. The van der Waals surface area contributed by atoms with Gasteiger partial charge in [0, 0.05) is 27.2 Å². The van der Waals surface area contributed by atoms with Gasteiger partial charge in [-0.2, -0.15) is 0 Å². The molecule has 16 heavy (non-hydrogen) atoms. The Morgan fingerprint density at radius 1 is 1.50 bits per heavy atom. The van der Waals surface area contributed by atoms with Crippen molar-refractivity contribution in [3.8, 4) is 0 Å². The molecule has 0 aliphatic heterocycles. The fraction of sp³-hybridized carbons (Fsp3) is 0.667. The van der Waals surface area contributed by atoms with Crippen LogP contribution >= 0.6 is 38.9 Å². The third-order valence-corrected chi connectivity index (χ3v) is 4.55. The number of alkyl halides is 1. The summed E-state index contributed by atoms with van der Waals surface area (Å²) in [7, 11) is 2.18. The van der Waals surface area contributed by atoms with Crippen molar-refractivity contribution in [1.82, 2.24) is 4.90 Å². The van der Waals surface area contributed by atoms with E-state index < -0.39 is 0 Å². The molecule has 0 fully saturated rings. The molecule has 92 valence electrons. The second kappa shape index (κ2) is 7.70. The molecule has 1 aromatic heterocycles. The van der Waals surface area contributed by atoms with E-state index in [1.165, 1.54) is 15.8 Å². The summed E-state index contributed by atoms with van der Waals surface area (Å²) >= 11 is 11.0. The number of hydrogen-bond donors (Lipinski definition) is 0. The highest BCUT2D eigenvalue weighted by atomic mass is 79.9. The standard InChI is InChI=1S/C12H19BrClNS/c1-10(3-5-14)4-6-15(2)8-12-7-11(13)9-16-12/h7,9-10H,3-6,8H2,1-2H3. The Labute approximate surface area is 116 Å². The maximum Gasteiger partial charge on any atom is 0.0325 e. The Bertz CT molecular complexity index is 303. The molecule has 1 aromatic rings. The molecule has 1 atom stereocenters. The molecular formula is C12H19BrClNS. The van der Waals surface area contributed by atoms with Gasteiger partial charge >= 0.3 is 0 Å². The normalized spacial score (nSPS) is 13.3. The van der Waals surface area contributed by atoms with Crippen LogP contribution in [0, 0.1) is 5.92 Å². The van der Waals surface area contributed by atoms with Gasteiger partial charge in [0.05, 0.1) is 0 Å². The Hall–Kier alpha value is 0.430. The minimum absolute atomic E-state index is 0.732. The largest absolute Gasteiger partial charge is 0.301 e. The van der Waals surface area contributed by atoms with Gasteiger partial charge in [-0.1, -0.05) is 6.92 Å². The van der Waals surface area contributed by atoms with Gasteiger partial charge in [0.1, 0.15) is 0 Å². The first-order chi connectivity index (χ1) is 7.61. The van der Waals surface area contributed by atoms with Crippen molar-refractivity contribution in [1.29, 1.82) is 0 Å². The fourth-order valence-corrected chi connectivity index (χ4v) is 3.46. The van der Waals surface area contributed by atoms with E-state index in [0.29, 0.717) is 0 Å². The molecule has 0 aliphatic rings. The van der Waals surface area contributed by atoms with Crippen molar-refractivity contribution in [3.63, 3.8) is 0 Å². The van der Waals surface area contributed by atoms with Crippen molar-refractivity contribution < 1.29 is 0 Å². The summed E-state index contributed by atoms with van der Waals surface area (Å²) < 4.78 is 1.19. The highest BCUT2D eigenvalue weighted by molar-refractivity contribution is 9.10. The first-order valence-electron chi connectivity index (χ1n) is 5.59. The summed E-state index contributed by atoms with van der Waals surface area (Å²) in [5.74, 6) is 1.51. The van der Waals surface area contributed by atoms with Crippen LogP contribution in [0.25, 0.3) is 0 Å². The molecule has 0 bridgehead atoms. The van der Waals surface area contributed by atoms with Crippen LogP contribution in [0.3, 0.4) is 0 Å². The zero-order valence-electron chi connectivity index (χ0n) is 9.88. The predicted octanol–water partition coefficient (Wildman–Crippen LogP) is 4.60. The molecule has 1 unspecified atom stereocenters. The van der Waals surface area contributed by atoms with Crippen LogP contribution in [0.1, 0.15) is 24.6 Å². The van der Waals surface area contributed by atoms with Crippen molar-refractivity contribution in [2.45, 2.75) is 26.3 Å². The maximum atomic E-state index is 5.73. The van der Waals surface area contributed by atoms with Crippen molar-refractivity contribution in [3.05, 3.63) is 20.8 Å². The first kappa shape index (κ1) is 14.5. The molecule has 1 rings (SSSR count). The SMILES string of the molecule is CC(CCCl)CCN(C)Cc1cc(Br)cs1. The summed E-state index contributed by atoms with van der Waals surface area (Å²) in [5.41, 5.74) is 0. The van der Waals surface area contributed by atoms with E-state index in [1.54, 1.807) is 0 Å². The first-order valence-corrected chi connectivity index (χ1v) is 7.80. The molecule has 0 N–H and O–H groups in total. The second-order valence-corrected chi connectivity index (χ2v) is 6.63. The van der Waals surface area contributed by atoms with Crippen LogP contribution in [0.5, 0.6) is 0 Å². The smallest absolute Gasteiger partial charge is 0.0325 e. The van der Waals surface area contributed by atoms with E-state index in [2.05, 4.69) is 46.2 Å². The second-order valence-electron chi connectivity index (χ2n) is 4.34. The maximum absolute atomic E-state index is 5.73. The van der Waals surface area contributed by atoms with Gasteiger partial charge in [0.25, 0.3) is 0 Å². The van der Waals surface area contributed by atoms with E-state index in [1.807, 2.05) is 11.3 Å². The Balaban J connectivity index is 2.23. The monoisotopic (exact) mass is 323 g/mol. The lowest BCUT2D eigenvalue weighted by molar-refractivity contribution is 0.299. The molecule has 0 saturated heterocycles. The summed E-state index contributed by atoms with van der Waals surface area (Å²) in [6.45, 7) is 4.47. The Morgan fingerprint density at radius 3 is 2.81 bits per heavy atom. The zero-order chi connectivity index (χ0) is 12.0. The van der Waals surface area contributed by atoms with E-state index in [-0.39, 0.29) is 0 Å². The number of hydrogen-bond acceptors (Lipinski definition) is 2. The average Bonchev–Trinajstić information content (AvgIpc) is 2.61. The van der Waals surface area contributed by atoms with Crippen LogP contribution < -0.4 is 0 Å². The van der Waals surface area contributed by atoms with Gasteiger partial charge in [-0.3, -0.25) is 0 Å². The molecule has 0 saturated carbocycles. The summed E-state index contributed by atoms with van der Waals surface area (Å²) in [5, 5.41) is 2.14. The minimum atomic E-state index is 0.732. The highest BCUT2D eigenvalue weighted by Crippen LogP contribution is 2.21. The van der Waals surface area contributed by atoms with E-state index in [4.69, 9.17) is 11.6 Å². The van der Waals surface area contributed by atoms with Crippen LogP contribution in [-0.2, 0) is 6.54 Å². The Kier molecular flexibility index (Phi) is 6.97. The lowest BCUT2D eigenvalue weighted by Crippen LogP contribution is -2.20. The van der Waals surface area contributed by atoms with Crippen LogP contribution in [0.2, 0.25) is 0 Å². The lowest BCUT2D eigenvalue weighted by Gasteiger charge is -2.18. The topological polar surface area (TPSA) is 3.24 Å². The molecular weight excluding hydrogens is 306 g/mol. The van der Waals surface area contributed by atoms with Crippen molar-refractivity contribution in [2.75, 3.05) is 19.5 Å². The third-order valence-electron chi connectivity index (χ3n) is 2.65. The van der Waals surface area contributed by atoms with E-state index >= 15 is 0 Å². The molecule has 0 aliphatic carbocycles. The van der Waals surface area contributed by atoms with Gasteiger partial charge in [-0.05, 0) is 54.3 Å². The van der Waals surface area contributed by atoms with Crippen LogP contribution in [0.4, 0.5) is 0 Å². The number of nitrogens with zero attached hydrogens (tertiary/aromatic N) is 1. The van der Waals surface area contributed by atoms with E-state index in [9.17, 15) is 0 Å². The zero-order valence-corrected chi connectivity index (χ0v) is 13.0. The van der Waals surface area contributed by atoms with Crippen LogP contribution in [0.15, 0.2) is 15.9 Å². The average molecular weight is 325 g/mol. The minimum Gasteiger partial charge on any atom is -0.301 e. The van der Waals surface area contributed by atoms with Gasteiger partial charge in [0.2, 0.25) is 0 Å². The molecule has 4 heteroatoms. The predicted molar refractivity (Wildman–Crippen MR) is 77.5 cm³/mol. The summed E-state index contributed by atoms with van der Waals surface area (Å²) in [6, 6.07) is 2.20. The molecule has 0 amide bonds. The molecule has 0 aromatic carbocycles. The van der Waals surface area contributed by atoms with E-state index in [0.717, 1.165) is 31.3 Å². The number of halogens is 2. The van der Waals surface area contributed by atoms with Crippen molar-refractivity contribution in [2.24, 2.45) is 5.92 Å². The summed E-state index contributed by atoms with van der Waals surface area (Å²) in [6.07, 6.45) is 2.36. The van der Waals surface area contributed by atoms with Gasteiger partial charge in [0.15, 0.2) is 0 Å². The van der Waals surface area contributed by atoms with Gasteiger partial charge in [-0.15, -0.1) is 22.9 Å². The number of thiophene rings is 1. The quantitative estimate of drug-likeness (QED) is 0.663. The molecule has 1 heterocycles.